The summed E-state index contributed by atoms with van der Waals surface area (Å²) in [5, 5.41) is 0.600. The first-order chi connectivity index (χ1) is 19.6. The number of amides is 2. The molecule has 6 nitrogen and oxygen atoms in total. The van der Waals surface area contributed by atoms with Crippen LogP contribution >= 0.6 is 11.6 Å². The van der Waals surface area contributed by atoms with Crippen LogP contribution in [-0.2, 0) is 5.41 Å². The number of carbonyl (C=O) groups excluding carboxylic acids is 2. The van der Waals surface area contributed by atoms with Gasteiger partial charge in [-0.15, -0.1) is 0 Å². The normalized spacial score (nSPS) is 13.8. The van der Waals surface area contributed by atoms with Crippen LogP contribution in [0.2, 0.25) is 5.02 Å². The second kappa shape index (κ2) is 11.5. The molecule has 0 saturated carbocycles. The molecule has 212 valence electrons. The van der Waals surface area contributed by atoms with Gasteiger partial charge >= 0.3 is 0 Å². The monoisotopic (exact) mass is 569 g/mol. The molecule has 3 aromatic carbocycles. The zero-order valence-electron chi connectivity index (χ0n) is 24.3. The Morgan fingerprint density at radius 3 is 1.95 bits per heavy atom. The van der Waals surface area contributed by atoms with Crippen LogP contribution in [0.1, 0.15) is 52.7 Å². The zero-order chi connectivity index (χ0) is 29.3. The van der Waals surface area contributed by atoms with E-state index in [2.05, 4.69) is 20.8 Å². The molecule has 0 radical (unpaired) electrons. The third-order valence-corrected chi connectivity index (χ3v) is 8.13. The second-order valence-electron chi connectivity index (χ2n) is 11.5. The quantitative estimate of drug-likeness (QED) is 0.260. The number of aromatic nitrogens is 1. The van der Waals surface area contributed by atoms with Crippen molar-refractivity contribution in [1.82, 2.24) is 14.4 Å². The molecule has 0 spiro atoms. The van der Waals surface area contributed by atoms with Crippen LogP contribution in [0, 0.1) is 6.92 Å². The fraction of sp³-hybridized carbons (Fsp3) is 0.294. The van der Waals surface area contributed by atoms with Gasteiger partial charge < -0.3 is 19.1 Å². The van der Waals surface area contributed by atoms with Crippen molar-refractivity contribution in [2.24, 2.45) is 0 Å². The Hall–Kier alpha value is -4.03. The fourth-order valence-electron chi connectivity index (χ4n) is 5.32. The number of halogens is 1. The van der Waals surface area contributed by atoms with Crippen LogP contribution in [0.5, 0.6) is 5.75 Å². The molecule has 7 heteroatoms. The number of carbonyl (C=O) groups is 2. The summed E-state index contributed by atoms with van der Waals surface area (Å²) in [6, 6.07) is 25.2. The number of rotatable bonds is 5. The van der Waals surface area contributed by atoms with Gasteiger partial charge in [0.25, 0.3) is 11.8 Å². The molecule has 0 atom stereocenters. The first-order valence-corrected chi connectivity index (χ1v) is 14.3. The van der Waals surface area contributed by atoms with E-state index in [9.17, 15) is 9.59 Å². The van der Waals surface area contributed by atoms with Gasteiger partial charge in [-0.2, -0.15) is 0 Å². The highest BCUT2D eigenvalue weighted by Crippen LogP contribution is 2.34. The molecule has 2 amide bonds. The summed E-state index contributed by atoms with van der Waals surface area (Å²) in [5.41, 5.74) is 5.95. The number of para-hydroxylation sites is 1. The lowest BCUT2D eigenvalue weighted by Gasteiger charge is -2.35. The number of methoxy groups -OCH3 is 1. The molecule has 1 aromatic heterocycles. The Morgan fingerprint density at radius 1 is 0.805 bits per heavy atom. The Labute approximate surface area is 247 Å². The predicted molar refractivity (Wildman–Crippen MR) is 164 cm³/mol. The fourth-order valence-corrected chi connectivity index (χ4v) is 5.54. The summed E-state index contributed by atoms with van der Waals surface area (Å²) in [6.07, 6.45) is 0. The molecule has 41 heavy (non-hydrogen) atoms. The Morgan fingerprint density at radius 2 is 1.39 bits per heavy atom. The van der Waals surface area contributed by atoms with Crippen LogP contribution in [0.3, 0.4) is 0 Å². The summed E-state index contributed by atoms with van der Waals surface area (Å²) in [7, 11) is 1.64. The summed E-state index contributed by atoms with van der Waals surface area (Å²) < 4.78 is 7.38. The highest BCUT2D eigenvalue weighted by atomic mass is 35.5. The topological polar surface area (TPSA) is 54.8 Å². The largest absolute Gasteiger partial charge is 0.497 e. The smallest absolute Gasteiger partial charge is 0.255 e. The molecule has 5 rings (SSSR count). The zero-order valence-corrected chi connectivity index (χ0v) is 25.0. The SMILES string of the molecule is COc1ccc(-c2cc(C(=O)N3CCN(C(=O)c4ccc(C(C)(C)C)cc4)CC3)c(C)n2-c2ccccc2Cl)cc1. The molecular weight excluding hydrogens is 534 g/mol. The maximum absolute atomic E-state index is 13.9. The standard InChI is InChI=1S/C34H36ClN3O3/c1-23-28(22-31(24-12-16-27(41-5)17-13-24)38(23)30-9-7-6-8-29(30)35)33(40)37-20-18-36(19-21-37)32(39)25-10-14-26(15-11-25)34(2,3)4/h6-17,22H,18-21H2,1-5H3. The highest BCUT2D eigenvalue weighted by Gasteiger charge is 2.29. The molecule has 0 bridgehead atoms. The number of piperazine rings is 1. The average Bonchev–Trinajstić information content (AvgIpc) is 3.33. The van der Waals surface area contributed by atoms with Gasteiger partial charge in [-0.05, 0) is 78.1 Å². The van der Waals surface area contributed by atoms with E-state index >= 15 is 0 Å². The summed E-state index contributed by atoms with van der Waals surface area (Å²) in [5.74, 6) is 0.709. The summed E-state index contributed by atoms with van der Waals surface area (Å²) in [4.78, 5) is 30.7. The molecule has 1 aliphatic rings. The van der Waals surface area contributed by atoms with Crippen molar-refractivity contribution in [3.8, 4) is 22.7 Å². The van der Waals surface area contributed by atoms with Crippen LogP contribution in [0.4, 0.5) is 0 Å². The van der Waals surface area contributed by atoms with Crippen molar-refractivity contribution in [3.05, 3.63) is 106 Å². The summed E-state index contributed by atoms with van der Waals surface area (Å²) >= 11 is 6.63. The number of ether oxygens (including phenoxy) is 1. The van der Waals surface area contributed by atoms with Crippen molar-refractivity contribution in [3.63, 3.8) is 0 Å². The average molecular weight is 570 g/mol. The number of hydrogen-bond donors (Lipinski definition) is 0. The molecule has 0 aliphatic carbocycles. The van der Waals surface area contributed by atoms with Crippen molar-refractivity contribution >= 4 is 23.4 Å². The number of hydrogen-bond acceptors (Lipinski definition) is 3. The second-order valence-corrected chi connectivity index (χ2v) is 11.9. The van der Waals surface area contributed by atoms with E-state index in [-0.39, 0.29) is 17.2 Å². The molecular formula is C34H36ClN3O3. The highest BCUT2D eigenvalue weighted by molar-refractivity contribution is 6.32. The minimum absolute atomic E-state index is 0.000373. The molecule has 1 saturated heterocycles. The maximum atomic E-state index is 13.9. The number of nitrogens with zero attached hydrogens (tertiary/aromatic N) is 3. The molecule has 4 aromatic rings. The van der Waals surface area contributed by atoms with Crippen molar-refractivity contribution in [2.75, 3.05) is 33.3 Å². The van der Waals surface area contributed by atoms with Crippen LogP contribution in [-0.4, -0.2) is 59.5 Å². The van der Waals surface area contributed by atoms with Gasteiger partial charge in [-0.25, -0.2) is 0 Å². The first-order valence-electron chi connectivity index (χ1n) is 13.9. The van der Waals surface area contributed by atoms with Crippen LogP contribution < -0.4 is 4.74 Å². The van der Waals surface area contributed by atoms with Crippen molar-refractivity contribution in [1.29, 1.82) is 0 Å². The van der Waals surface area contributed by atoms with Crippen LogP contribution in [0.25, 0.3) is 16.9 Å². The lowest BCUT2D eigenvalue weighted by Crippen LogP contribution is -2.50. The van der Waals surface area contributed by atoms with E-state index in [1.807, 2.05) is 100 Å². The van der Waals surface area contributed by atoms with Gasteiger partial charge in [-0.1, -0.05) is 56.6 Å². The minimum atomic E-state index is -0.0512. The predicted octanol–water partition coefficient (Wildman–Crippen LogP) is 7.01. The van der Waals surface area contributed by atoms with Crippen molar-refractivity contribution in [2.45, 2.75) is 33.1 Å². The van der Waals surface area contributed by atoms with Gasteiger partial charge in [0.2, 0.25) is 0 Å². The number of benzene rings is 3. The third-order valence-electron chi connectivity index (χ3n) is 7.81. The van der Waals surface area contributed by atoms with E-state index in [4.69, 9.17) is 16.3 Å². The molecule has 1 aliphatic heterocycles. The minimum Gasteiger partial charge on any atom is -0.497 e. The first kappa shape index (κ1) is 28.5. The van der Waals surface area contributed by atoms with Gasteiger partial charge in [0.1, 0.15) is 5.75 Å². The van der Waals surface area contributed by atoms with E-state index in [0.717, 1.165) is 28.4 Å². The Kier molecular flexibility index (Phi) is 7.96. The van der Waals surface area contributed by atoms with E-state index in [1.165, 1.54) is 5.56 Å². The molecule has 0 N–H and O–H groups in total. The van der Waals surface area contributed by atoms with E-state index in [1.54, 1.807) is 7.11 Å². The molecule has 0 unspecified atom stereocenters. The lowest BCUT2D eigenvalue weighted by molar-refractivity contribution is 0.0535. The Bertz CT molecular complexity index is 1560. The maximum Gasteiger partial charge on any atom is 0.255 e. The van der Waals surface area contributed by atoms with Gasteiger partial charge in [0, 0.05) is 37.4 Å². The van der Waals surface area contributed by atoms with Crippen molar-refractivity contribution < 1.29 is 14.3 Å². The molecule has 2 heterocycles. The van der Waals surface area contributed by atoms with E-state index in [0.29, 0.717) is 42.3 Å². The molecule has 1 fully saturated rings. The lowest BCUT2D eigenvalue weighted by atomic mass is 9.86. The van der Waals surface area contributed by atoms with Gasteiger partial charge in [-0.3, -0.25) is 9.59 Å². The Balaban J connectivity index is 1.38. The summed E-state index contributed by atoms with van der Waals surface area (Å²) in [6.45, 7) is 10.3. The third kappa shape index (κ3) is 5.75. The van der Waals surface area contributed by atoms with E-state index < -0.39 is 0 Å². The van der Waals surface area contributed by atoms with Crippen LogP contribution in [0.15, 0.2) is 78.9 Å². The van der Waals surface area contributed by atoms with Gasteiger partial charge in [0.15, 0.2) is 0 Å². The van der Waals surface area contributed by atoms with Gasteiger partial charge in [0.05, 0.1) is 29.1 Å².